The van der Waals surface area contributed by atoms with E-state index in [1.165, 1.54) is 5.56 Å². The Balaban J connectivity index is 2.29. The number of benzene rings is 1. The van der Waals surface area contributed by atoms with Gasteiger partial charge in [0.05, 0.1) is 17.3 Å². The van der Waals surface area contributed by atoms with Gasteiger partial charge in [-0.05, 0) is 36.8 Å². The topological polar surface area (TPSA) is 35.0 Å². The molecule has 2 aromatic rings. The maximum atomic E-state index is 5.38. The van der Waals surface area contributed by atoms with Gasteiger partial charge >= 0.3 is 0 Å². The maximum Gasteiger partial charge on any atom is 0.245 e. The number of aryl methyl sites for hydroxylation is 1. The van der Waals surface area contributed by atoms with Gasteiger partial charge in [0.1, 0.15) is 5.69 Å². The molecule has 0 radical (unpaired) electrons. The Bertz CT molecular complexity index is 615. The van der Waals surface area contributed by atoms with Crippen molar-refractivity contribution in [1.82, 2.24) is 9.97 Å². The van der Waals surface area contributed by atoms with Crippen molar-refractivity contribution in [3.8, 4) is 5.88 Å². The van der Waals surface area contributed by atoms with Gasteiger partial charge in [0.25, 0.3) is 0 Å². The van der Waals surface area contributed by atoms with Crippen molar-refractivity contribution in [2.45, 2.75) is 6.92 Å². The molecule has 3 nitrogen and oxygen atoms in total. The van der Waals surface area contributed by atoms with Crippen molar-refractivity contribution >= 4 is 17.1 Å². The molecule has 0 fully saturated rings. The predicted molar refractivity (Wildman–Crippen MR) is 63.1 cm³/mol. The fourth-order valence-corrected chi connectivity index (χ4v) is 1.65. The molecule has 0 amide bonds. The fraction of sp³-hybridized carbons (Fsp3) is 0.0769. The Kier molecular flexibility index (Phi) is 1.96. The van der Waals surface area contributed by atoms with Crippen LogP contribution in [0, 0.1) is 6.92 Å². The molecule has 78 valence electrons. The Morgan fingerprint density at radius 1 is 1.06 bits per heavy atom. The van der Waals surface area contributed by atoms with E-state index in [1.807, 2.05) is 43.4 Å². The molecule has 0 aliphatic carbocycles. The smallest absolute Gasteiger partial charge is 0.245 e. The first-order valence-corrected chi connectivity index (χ1v) is 5.11. The highest BCUT2D eigenvalue weighted by Gasteiger charge is 2.08. The first-order valence-electron chi connectivity index (χ1n) is 5.11. The van der Waals surface area contributed by atoms with Crippen LogP contribution in [-0.4, -0.2) is 9.97 Å². The largest absolute Gasteiger partial charge is 0.445 e. The summed E-state index contributed by atoms with van der Waals surface area (Å²) >= 11 is 0. The lowest BCUT2D eigenvalue weighted by Crippen LogP contribution is -1.94. The summed E-state index contributed by atoms with van der Waals surface area (Å²) in [5.74, 6) is 0.558. The lowest BCUT2D eigenvalue weighted by molar-refractivity contribution is 0.461. The number of fused-ring (bicyclic) bond motifs is 2. The van der Waals surface area contributed by atoms with Gasteiger partial charge in [-0.15, -0.1) is 0 Å². The van der Waals surface area contributed by atoms with Crippen molar-refractivity contribution in [2.75, 3.05) is 0 Å². The Hall–Kier alpha value is -2.16. The molecular formula is C13H10N2O. The van der Waals surface area contributed by atoms with Crippen LogP contribution >= 0.6 is 0 Å². The minimum atomic E-state index is 0.558. The Labute approximate surface area is 93.1 Å². The number of hydrogen-bond donors (Lipinski definition) is 0. The second-order valence-electron chi connectivity index (χ2n) is 3.71. The highest BCUT2D eigenvalue weighted by atomic mass is 16.5. The third-order valence-corrected chi connectivity index (χ3v) is 2.44. The number of allylic oxidation sites excluding steroid dienone is 2. The average Bonchev–Trinajstić information content (AvgIpc) is 2.50. The van der Waals surface area contributed by atoms with E-state index in [0.29, 0.717) is 5.88 Å². The molecule has 1 aliphatic heterocycles. The Morgan fingerprint density at radius 2 is 2.00 bits per heavy atom. The van der Waals surface area contributed by atoms with Gasteiger partial charge in [-0.2, -0.15) is 0 Å². The van der Waals surface area contributed by atoms with Gasteiger partial charge in [0, 0.05) is 0 Å². The second-order valence-corrected chi connectivity index (χ2v) is 3.71. The summed E-state index contributed by atoms with van der Waals surface area (Å²) in [6, 6.07) is 6.01. The molecule has 0 unspecified atom stereocenters. The zero-order valence-electron chi connectivity index (χ0n) is 8.84. The van der Waals surface area contributed by atoms with E-state index >= 15 is 0 Å². The van der Waals surface area contributed by atoms with Crippen molar-refractivity contribution < 1.29 is 4.74 Å². The van der Waals surface area contributed by atoms with Crippen LogP contribution < -0.4 is 4.74 Å². The molecule has 3 rings (SSSR count). The third kappa shape index (κ3) is 1.46. The summed E-state index contributed by atoms with van der Waals surface area (Å²) in [7, 11) is 0. The first kappa shape index (κ1) is 9.09. The first-order chi connectivity index (χ1) is 7.83. The van der Waals surface area contributed by atoms with Crippen LogP contribution in [0.25, 0.3) is 17.1 Å². The second kappa shape index (κ2) is 3.45. The molecule has 0 N–H and O–H groups in total. The van der Waals surface area contributed by atoms with Crippen LogP contribution in [0.5, 0.6) is 5.88 Å². The summed E-state index contributed by atoms with van der Waals surface area (Å²) < 4.78 is 5.38. The van der Waals surface area contributed by atoms with E-state index in [1.54, 1.807) is 6.26 Å². The number of hydrogen-bond acceptors (Lipinski definition) is 3. The van der Waals surface area contributed by atoms with E-state index in [2.05, 4.69) is 9.97 Å². The van der Waals surface area contributed by atoms with Crippen molar-refractivity contribution in [3.05, 3.63) is 47.9 Å². The molecule has 0 spiro atoms. The molecule has 16 heavy (non-hydrogen) atoms. The van der Waals surface area contributed by atoms with Gasteiger partial charge in [-0.25, -0.2) is 9.97 Å². The van der Waals surface area contributed by atoms with Gasteiger partial charge in [0.15, 0.2) is 0 Å². The molecule has 0 bridgehead atoms. The molecule has 3 heteroatoms. The summed E-state index contributed by atoms with van der Waals surface area (Å²) in [5.41, 5.74) is 3.68. The SMILES string of the molecule is Cc1ccc2nc3c(nc2c1)OC=CC=C3. The molecule has 2 heterocycles. The van der Waals surface area contributed by atoms with Crippen molar-refractivity contribution in [1.29, 1.82) is 0 Å². The van der Waals surface area contributed by atoms with E-state index < -0.39 is 0 Å². The van der Waals surface area contributed by atoms with Gasteiger partial charge in [0.2, 0.25) is 5.88 Å². The minimum absolute atomic E-state index is 0.558. The standard InChI is InChI=1S/C13H10N2O/c1-9-5-6-10-12(8-9)15-13-11(14-10)4-2-3-7-16-13/h2-8H,1H3. The normalized spacial score (nSPS) is 13.3. The maximum absolute atomic E-state index is 5.38. The number of rotatable bonds is 0. The zero-order valence-corrected chi connectivity index (χ0v) is 8.84. The zero-order chi connectivity index (χ0) is 11.0. The number of ether oxygens (including phenoxy) is 1. The number of nitrogens with zero attached hydrogens (tertiary/aromatic N) is 2. The summed E-state index contributed by atoms with van der Waals surface area (Å²) in [6.07, 6.45) is 7.21. The third-order valence-electron chi connectivity index (χ3n) is 2.44. The monoisotopic (exact) mass is 210 g/mol. The van der Waals surface area contributed by atoms with Crippen LogP contribution in [0.1, 0.15) is 11.3 Å². The van der Waals surface area contributed by atoms with Crippen molar-refractivity contribution in [2.24, 2.45) is 0 Å². The lowest BCUT2D eigenvalue weighted by atomic mass is 10.2. The fourth-order valence-electron chi connectivity index (χ4n) is 1.65. The van der Waals surface area contributed by atoms with E-state index in [9.17, 15) is 0 Å². The molecule has 0 atom stereocenters. The molecule has 0 saturated carbocycles. The van der Waals surface area contributed by atoms with Crippen LogP contribution in [0.3, 0.4) is 0 Å². The van der Waals surface area contributed by atoms with E-state index in [-0.39, 0.29) is 0 Å². The van der Waals surface area contributed by atoms with Crippen LogP contribution in [-0.2, 0) is 0 Å². The molecule has 1 aromatic carbocycles. The van der Waals surface area contributed by atoms with E-state index in [0.717, 1.165) is 16.7 Å². The summed E-state index contributed by atoms with van der Waals surface area (Å²) in [4.78, 5) is 8.95. The van der Waals surface area contributed by atoms with Crippen LogP contribution in [0.15, 0.2) is 36.6 Å². The average molecular weight is 210 g/mol. The lowest BCUT2D eigenvalue weighted by Gasteiger charge is -2.04. The molecule has 1 aliphatic rings. The van der Waals surface area contributed by atoms with E-state index in [4.69, 9.17) is 4.74 Å². The van der Waals surface area contributed by atoms with Gasteiger partial charge < -0.3 is 4.74 Å². The van der Waals surface area contributed by atoms with Crippen LogP contribution in [0.2, 0.25) is 0 Å². The summed E-state index contributed by atoms with van der Waals surface area (Å²) in [5, 5.41) is 0. The predicted octanol–water partition coefficient (Wildman–Crippen LogP) is 2.86. The molecular weight excluding hydrogens is 200 g/mol. The number of aromatic nitrogens is 2. The Morgan fingerprint density at radius 3 is 2.94 bits per heavy atom. The minimum Gasteiger partial charge on any atom is -0.445 e. The molecule has 0 saturated heterocycles. The van der Waals surface area contributed by atoms with Crippen molar-refractivity contribution in [3.63, 3.8) is 0 Å². The highest BCUT2D eigenvalue weighted by molar-refractivity contribution is 5.77. The van der Waals surface area contributed by atoms with Gasteiger partial charge in [-0.1, -0.05) is 12.1 Å². The highest BCUT2D eigenvalue weighted by Crippen LogP contribution is 2.22. The quantitative estimate of drug-likeness (QED) is 0.670. The van der Waals surface area contributed by atoms with Crippen LogP contribution in [0.4, 0.5) is 0 Å². The molecule has 1 aromatic heterocycles. The summed E-state index contributed by atoms with van der Waals surface area (Å²) in [6.45, 7) is 2.04. The van der Waals surface area contributed by atoms with Gasteiger partial charge in [-0.3, -0.25) is 0 Å².